The first-order valence-electron chi connectivity index (χ1n) is 5.28. The summed E-state index contributed by atoms with van der Waals surface area (Å²) in [5, 5.41) is 8.71. The lowest BCUT2D eigenvalue weighted by Gasteiger charge is -2.12. The van der Waals surface area contributed by atoms with Gasteiger partial charge in [0.1, 0.15) is 11.5 Å². The number of carbonyl (C=O) groups excluding carboxylic acids is 1. The molecule has 4 nitrogen and oxygen atoms in total. The van der Waals surface area contributed by atoms with Gasteiger partial charge in [0.15, 0.2) is 12.0 Å². The Labute approximate surface area is 111 Å². The lowest BCUT2D eigenvalue weighted by Crippen LogP contribution is -2.17. The van der Waals surface area contributed by atoms with Crippen LogP contribution in [0.15, 0.2) is 34.7 Å². The predicted molar refractivity (Wildman–Crippen MR) is 60.9 cm³/mol. The minimum absolute atomic E-state index is 0.00516. The number of ether oxygens (including phenoxy) is 1. The van der Waals surface area contributed by atoms with E-state index in [0.717, 1.165) is 6.07 Å². The molecule has 0 spiro atoms. The van der Waals surface area contributed by atoms with Crippen LogP contribution < -0.4 is 4.74 Å². The minimum Gasteiger partial charge on any atom is -0.453 e. The van der Waals surface area contributed by atoms with Crippen molar-refractivity contribution in [3.05, 3.63) is 41.7 Å². The van der Waals surface area contributed by atoms with E-state index in [0.29, 0.717) is 6.29 Å². The molecule has 0 fully saturated rings. The molecule has 0 amide bonds. The Kier molecular flexibility index (Phi) is 3.48. The lowest BCUT2D eigenvalue weighted by molar-refractivity contribution is -0.274. The fraction of sp³-hybridized carbons (Fsp3) is 0.0769. The van der Waals surface area contributed by atoms with Gasteiger partial charge in [-0.15, -0.1) is 13.2 Å². The molecule has 20 heavy (non-hydrogen) atoms. The van der Waals surface area contributed by atoms with Crippen molar-refractivity contribution in [2.75, 3.05) is 0 Å². The molecular weight excluding hydrogens is 275 g/mol. The number of benzene rings is 1. The fourth-order valence-corrected chi connectivity index (χ4v) is 1.57. The summed E-state index contributed by atoms with van der Waals surface area (Å²) in [6, 6.07) is 7.90. The van der Waals surface area contributed by atoms with Gasteiger partial charge in [0.05, 0.1) is 17.2 Å². The van der Waals surface area contributed by atoms with Crippen LogP contribution in [0.3, 0.4) is 0 Å². The molecule has 0 N–H and O–H groups in total. The molecule has 102 valence electrons. The van der Waals surface area contributed by atoms with Crippen LogP contribution in [0.25, 0.3) is 11.3 Å². The molecule has 0 aliphatic rings. The highest BCUT2D eigenvalue weighted by molar-refractivity contribution is 5.74. The quantitative estimate of drug-likeness (QED) is 0.807. The zero-order valence-corrected chi connectivity index (χ0v) is 9.77. The van der Waals surface area contributed by atoms with Crippen molar-refractivity contribution in [3.8, 4) is 23.1 Å². The van der Waals surface area contributed by atoms with E-state index in [-0.39, 0.29) is 22.6 Å². The topological polar surface area (TPSA) is 63.2 Å². The summed E-state index contributed by atoms with van der Waals surface area (Å²) in [6.45, 7) is 0. The van der Waals surface area contributed by atoms with Crippen molar-refractivity contribution in [2.45, 2.75) is 6.36 Å². The van der Waals surface area contributed by atoms with Gasteiger partial charge in [0.2, 0.25) is 0 Å². The van der Waals surface area contributed by atoms with Crippen LogP contribution in [-0.4, -0.2) is 12.6 Å². The molecule has 0 aliphatic carbocycles. The van der Waals surface area contributed by atoms with Crippen LogP contribution >= 0.6 is 0 Å². The van der Waals surface area contributed by atoms with Crippen LogP contribution in [0.4, 0.5) is 13.2 Å². The van der Waals surface area contributed by atoms with E-state index in [9.17, 15) is 18.0 Å². The Hall–Kier alpha value is -2.75. The number of nitrogens with zero attached hydrogens (tertiary/aromatic N) is 1. The summed E-state index contributed by atoms with van der Waals surface area (Å²) in [4.78, 5) is 10.5. The average Bonchev–Trinajstić information content (AvgIpc) is 2.85. The second kappa shape index (κ2) is 5.09. The number of rotatable bonds is 3. The van der Waals surface area contributed by atoms with E-state index in [1.807, 2.05) is 0 Å². The van der Waals surface area contributed by atoms with Gasteiger partial charge in [-0.25, -0.2) is 0 Å². The summed E-state index contributed by atoms with van der Waals surface area (Å²) in [5.74, 6) is -0.554. The highest BCUT2D eigenvalue weighted by Crippen LogP contribution is 2.35. The van der Waals surface area contributed by atoms with Gasteiger partial charge in [0.25, 0.3) is 0 Å². The molecule has 0 saturated heterocycles. The van der Waals surface area contributed by atoms with Crippen LogP contribution in [-0.2, 0) is 0 Å². The predicted octanol–water partition coefficient (Wildman–Crippen LogP) is 3.53. The summed E-state index contributed by atoms with van der Waals surface area (Å²) < 4.78 is 46.0. The van der Waals surface area contributed by atoms with Crippen LogP contribution in [0.1, 0.15) is 16.1 Å². The van der Waals surface area contributed by atoms with Crippen molar-refractivity contribution >= 4 is 6.29 Å². The van der Waals surface area contributed by atoms with Gasteiger partial charge >= 0.3 is 6.36 Å². The third-order valence-electron chi connectivity index (χ3n) is 2.34. The summed E-state index contributed by atoms with van der Waals surface area (Å²) in [5.41, 5.74) is 0.00425. The van der Waals surface area contributed by atoms with E-state index < -0.39 is 12.1 Å². The first-order chi connectivity index (χ1) is 9.43. The van der Waals surface area contributed by atoms with E-state index in [1.165, 1.54) is 24.3 Å². The molecule has 0 bridgehead atoms. The third kappa shape index (κ3) is 2.98. The molecule has 0 saturated carbocycles. The number of furan rings is 1. The number of aldehydes is 1. The van der Waals surface area contributed by atoms with E-state index in [1.54, 1.807) is 6.07 Å². The molecule has 2 rings (SSSR count). The largest absolute Gasteiger partial charge is 0.573 e. The highest BCUT2D eigenvalue weighted by Gasteiger charge is 2.32. The van der Waals surface area contributed by atoms with Crippen LogP contribution in [0.2, 0.25) is 0 Å². The Balaban J connectivity index is 2.51. The number of hydrogen-bond acceptors (Lipinski definition) is 4. The van der Waals surface area contributed by atoms with Crippen LogP contribution in [0, 0.1) is 11.3 Å². The first-order valence-corrected chi connectivity index (χ1v) is 5.28. The summed E-state index contributed by atoms with van der Waals surface area (Å²) in [6.07, 6.45) is -4.47. The molecule has 0 radical (unpaired) electrons. The molecule has 2 aromatic rings. The average molecular weight is 281 g/mol. The van der Waals surface area contributed by atoms with Gasteiger partial charge in [-0.05, 0) is 30.3 Å². The fourth-order valence-electron chi connectivity index (χ4n) is 1.57. The molecular formula is C13H6F3NO3. The van der Waals surface area contributed by atoms with E-state index >= 15 is 0 Å². The number of carbonyl (C=O) groups is 1. The lowest BCUT2D eigenvalue weighted by atomic mass is 10.1. The van der Waals surface area contributed by atoms with Gasteiger partial charge < -0.3 is 9.15 Å². The highest BCUT2D eigenvalue weighted by atomic mass is 19.4. The van der Waals surface area contributed by atoms with Gasteiger partial charge in [-0.1, -0.05) is 0 Å². The molecule has 0 unspecified atom stereocenters. The Morgan fingerprint density at radius 1 is 1.25 bits per heavy atom. The first kappa shape index (κ1) is 13.7. The minimum atomic E-state index is -4.90. The second-order valence-corrected chi connectivity index (χ2v) is 3.69. The Morgan fingerprint density at radius 2 is 2.00 bits per heavy atom. The SMILES string of the molecule is N#Cc1ccc(-c2ccc(C=O)o2)c(OC(F)(F)F)c1. The van der Waals surface area contributed by atoms with E-state index in [4.69, 9.17) is 9.68 Å². The number of nitriles is 1. The Bertz CT molecular complexity index is 683. The normalized spacial score (nSPS) is 10.9. The van der Waals surface area contributed by atoms with Crippen molar-refractivity contribution in [3.63, 3.8) is 0 Å². The summed E-state index contributed by atoms with van der Waals surface area (Å²) >= 11 is 0. The standard InChI is InChI=1S/C13H6F3NO3/c14-13(15,16)20-12-5-8(6-17)1-3-10(12)11-4-2-9(7-18)19-11/h1-5,7H. The third-order valence-corrected chi connectivity index (χ3v) is 2.34. The van der Waals surface area contributed by atoms with Gasteiger partial charge in [-0.2, -0.15) is 5.26 Å². The summed E-state index contributed by atoms with van der Waals surface area (Å²) in [7, 11) is 0. The maximum Gasteiger partial charge on any atom is 0.573 e. The molecule has 1 heterocycles. The second-order valence-electron chi connectivity index (χ2n) is 3.69. The number of halogens is 3. The molecule has 1 aromatic heterocycles. The maximum absolute atomic E-state index is 12.4. The molecule has 0 atom stereocenters. The molecule has 7 heteroatoms. The molecule has 0 aliphatic heterocycles. The van der Waals surface area contributed by atoms with Crippen molar-refractivity contribution < 1.29 is 27.1 Å². The zero-order valence-electron chi connectivity index (χ0n) is 9.77. The molecule has 1 aromatic carbocycles. The Morgan fingerprint density at radius 3 is 2.55 bits per heavy atom. The van der Waals surface area contributed by atoms with Gasteiger partial charge in [0, 0.05) is 0 Å². The number of hydrogen-bond donors (Lipinski definition) is 0. The number of alkyl halides is 3. The van der Waals surface area contributed by atoms with E-state index in [2.05, 4.69) is 4.74 Å². The van der Waals surface area contributed by atoms with Crippen molar-refractivity contribution in [1.82, 2.24) is 0 Å². The van der Waals surface area contributed by atoms with Crippen molar-refractivity contribution in [1.29, 1.82) is 5.26 Å². The maximum atomic E-state index is 12.4. The van der Waals surface area contributed by atoms with Crippen LogP contribution in [0.5, 0.6) is 5.75 Å². The zero-order chi connectivity index (χ0) is 14.8. The van der Waals surface area contributed by atoms with Crippen molar-refractivity contribution in [2.24, 2.45) is 0 Å². The monoisotopic (exact) mass is 281 g/mol. The van der Waals surface area contributed by atoms with Gasteiger partial charge in [-0.3, -0.25) is 4.79 Å². The smallest absolute Gasteiger partial charge is 0.453 e.